The molecule has 1 aromatic heterocycles. The summed E-state index contributed by atoms with van der Waals surface area (Å²) in [5, 5.41) is 13.4. The van der Waals surface area contributed by atoms with Gasteiger partial charge in [0, 0.05) is 24.2 Å². The first-order valence-electron chi connectivity index (χ1n) is 10.4. The summed E-state index contributed by atoms with van der Waals surface area (Å²) in [4.78, 5) is 12.0. The van der Waals surface area contributed by atoms with Crippen molar-refractivity contribution in [3.05, 3.63) is 69.8 Å². The normalized spacial score (nSPS) is 11.6. The van der Waals surface area contributed by atoms with Crippen molar-refractivity contribution in [3.8, 4) is 22.8 Å². The largest absolute Gasteiger partial charge is 0.505 e. The van der Waals surface area contributed by atoms with Crippen molar-refractivity contribution in [1.29, 1.82) is 0 Å². The van der Waals surface area contributed by atoms with Crippen molar-refractivity contribution >= 4 is 9.84 Å². The first kappa shape index (κ1) is 25.3. The Labute approximate surface area is 194 Å². The van der Waals surface area contributed by atoms with Gasteiger partial charge in [0.15, 0.2) is 27.2 Å². The Morgan fingerprint density at radius 1 is 1.06 bits per heavy atom. The van der Waals surface area contributed by atoms with E-state index in [1.54, 1.807) is 0 Å². The lowest BCUT2D eigenvalue weighted by molar-refractivity contribution is 0.304. The second-order valence-corrected chi connectivity index (χ2v) is 9.81. The SMILES string of the molecule is CCS(=O)(=O)c1ccc(F)c(-c2nn(C)c(=O)cc2OCCCCc2c(F)ccc(O)c2F)c1. The molecule has 0 fully saturated rings. The lowest BCUT2D eigenvalue weighted by Gasteiger charge is -2.13. The van der Waals surface area contributed by atoms with E-state index in [9.17, 15) is 31.5 Å². The van der Waals surface area contributed by atoms with Gasteiger partial charge in [0.1, 0.15) is 17.3 Å². The molecule has 1 heterocycles. The molecule has 2 aromatic carbocycles. The smallest absolute Gasteiger partial charge is 0.270 e. The summed E-state index contributed by atoms with van der Waals surface area (Å²) in [6.07, 6.45) is 0.613. The van der Waals surface area contributed by atoms with E-state index in [0.717, 1.165) is 41.1 Å². The Bertz CT molecular complexity index is 1370. The predicted molar refractivity (Wildman–Crippen MR) is 119 cm³/mol. The highest BCUT2D eigenvalue weighted by Crippen LogP contribution is 2.31. The molecule has 0 spiro atoms. The van der Waals surface area contributed by atoms with Crippen LogP contribution in [0.15, 0.2) is 46.1 Å². The number of benzene rings is 2. The molecule has 1 N–H and O–H groups in total. The standard InChI is InChI=1S/C23H23F3N2O5S/c1-3-34(31,32)14-7-8-18(25)16(12-14)23-20(13-21(30)28(2)27-23)33-11-5-4-6-15-17(24)9-10-19(29)22(15)26/h7-10,12-13,29H,3-6,11H2,1-2H3. The van der Waals surface area contributed by atoms with E-state index in [1.807, 2.05) is 0 Å². The van der Waals surface area contributed by atoms with Gasteiger partial charge in [0.05, 0.1) is 17.3 Å². The van der Waals surface area contributed by atoms with Crippen LogP contribution in [0.5, 0.6) is 11.5 Å². The zero-order valence-electron chi connectivity index (χ0n) is 18.5. The number of aromatic nitrogens is 2. The molecule has 0 saturated carbocycles. The highest BCUT2D eigenvalue weighted by molar-refractivity contribution is 7.91. The Morgan fingerprint density at radius 3 is 2.47 bits per heavy atom. The van der Waals surface area contributed by atoms with E-state index in [1.165, 1.54) is 14.0 Å². The first-order chi connectivity index (χ1) is 16.0. The summed E-state index contributed by atoms with van der Waals surface area (Å²) < 4.78 is 73.4. The first-order valence-corrected chi connectivity index (χ1v) is 12.1. The second kappa shape index (κ2) is 10.3. The van der Waals surface area contributed by atoms with Gasteiger partial charge in [0.25, 0.3) is 5.56 Å². The van der Waals surface area contributed by atoms with Gasteiger partial charge in [-0.15, -0.1) is 0 Å². The quantitative estimate of drug-likeness (QED) is 0.358. The summed E-state index contributed by atoms with van der Waals surface area (Å²) in [5.41, 5.74) is -0.978. The molecule has 0 aliphatic carbocycles. The highest BCUT2D eigenvalue weighted by atomic mass is 32.2. The third kappa shape index (κ3) is 5.41. The van der Waals surface area contributed by atoms with Crippen molar-refractivity contribution in [3.63, 3.8) is 0 Å². The molecule has 182 valence electrons. The van der Waals surface area contributed by atoms with E-state index in [0.29, 0.717) is 12.8 Å². The minimum atomic E-state index is -3.62. The zero-order valence-corrected chi connectivity index (χ0v) is 19.3. The number of unbranched alkanes of at least 4 members (excludes halogenated alkanes) is 1. The van der Waals surface area contributed by atoms with Crippen LogP contribution in [-0.4, -0.2) is 35.7 Å². The maximum absolute atomic E-state index is 14.6. The summed E-state index contributed by atoms with van der Waals surface area (Å²) >= 11 is 0. The Kier molecular flexibility index (Phi) is 7.65. The summed E-state index contributed by atoms with van der Waals surface area (Å²) in [5.74, 6) is -3.41. The number of hydrogen-bond donors (Lipinski definition) is 1. The van der Waals surface area contributed by atoms with Crippen LogP contribution >= 0.6 is 0 Å². The van der Waals surface area contributed by atoms with E-state index in [-0.39, 0.29) is 46.2 Å². The molecule has 11 heteroatoms. The van der Waals surface area contributed by atoms with Crippen molar-refractivity contribution in [2.75, 3.05) is 12.4 Å². The number of sulfone groups is 1. The lowest BCUT2D eigenvalue weighted by Crippen LogP contribution is -2.20. The Hall–Kier alpha value is -3.34. The maximum Gasteiger partial charge on any atom is 0.270 e. The van der Waals surface area contributed by atoms with E-state index in [2.05, 4.69) is 5.10 Å². The number of ether oxygens (including phenoxy) is 1. The number of aromatic hydroxyl groups is 1. The molecule has 0 amide bonds. The lowest BCUT2D eigenvalue weighted by atomic mass is 10.1. The fraction of sp³-hybridized carbons (Fsp3) is 0.304. The molecule has 3 rings (SSSR count). The third-order valence-corrected chi connectivity index (χ3v) is 6.97. The molecule has 7 nitrogen and oxygen atoms in total. The zero-order chi connectivity index (χ0) is 25.0. The van der Waals surface area contributed by atoms with Crippen LogP contribution in [0.2, 0.25) is 0 Å². The Morgan fingerprint density at radius 2 is 1.76 bits per heavy atom. The van der Waals surface area contributed by atoms with E-state index < -0.39 is 38.6 Å². The molecule has 0 atom stereocenters. The van der Waals surface area contributed by atoms with Crippen molar-refractivity contribution < 1.29 is 31.4 Å². The van der Waals surface area contributed by atoms with Gasteiger partial charge in [-0.05, 0) is 49.6 Å². The summed E-state index contributed by atoms with van der Waals surface area (Å²) in [7, 11) is -2.26. The number of nitrogens with zero attached hydrogens (tertiary/aromatic N) is 2. The second-order valence-electron chi connectivity index (χ2n) is 7.53. The number of phenols is 1. The van der Waals surface area contributed by atoms with Gasteiger partial charge < -0.3 is 9.84 Å². The molecule has 34 heavy (non-hydrogen) atoms. The van der Waals surface area contributed by atoms with Gasteiger partial charge in [-0.1, -0.05) is 6.92 Å². The summed E-state index contributed by atoms with van der Waals surface area (Å²) in [6.45, 7) is 1.48. The van der Waals surface area contributed by atoms with Crippen LogP contribution in [0.3, 0.4) is 0 Å². The summed E-state index contributed by atoms with van der Waals surface area (Å²) in [6, 6.07) is 6.32. The molecule has 3 aromatic rings. The average molecular weight is 497 g/mol. The number of halogens is 3. The molecule has 0 aliphatic rings. The molecule has 0 aliphatic heterocycles. The van der Waals surface area contributed by atoms with Gasteiger partial charge in [-0.3, -0.25) is 4.79 Å². The van der Waals surface area contributed by atoms with Gasteiger partial charge >= 0.3 is 0 Å². The molecule has 0 bridgehead atoms. The number of hydrogen-bond acceptors (Lipinski definition) is 6. The maximum atomic E-state index is 14.6. The van der Waals surface area contributed by atoms with Crippen molar-refractivity contribution in [1.82, 2.24) is 9.78 Å². The highest BCUT2D eigenvalue weighted by Gasteiger charge is 2.20. The predicted octanol–water partition coefficient (Wildman–Crippen LogP) is 3.77. The van der Waals surface area contributed by atoms with Gasteiger partial charge in [0.2, 0.25) is 0 Å². The number of aryl methyl sites for hydroxylation is 1. The molecular formula is C23H23F3N2O5S. The number of phenolic OH excluding ortho intramolecular Hbond substituents is 1. The van der Waals surface area contributed by atoms with Crippen LogP contribution in [-0.2, 0) is 23.3 Å². The monoisotopic (exact) mass is 496 g/mol. The van der Waals surface area contributed by atoms with Crippen LogP contribution in [0.1, 0.15) is 25.3 Å². The molecule has 0 radical (unpaired) electrons. The number of rotatable bonds is 9. The Balaban J connectivity index is 1.81. The van der Waals surface area contributed by atoms with Crippen LogP contribution < -0.4 is 10.3 Å². The topological polar surface area (TPSA) is 98.5 Å². The van der Waals surface area contributed by atoms with Crippen LogP contribution in [0.4, 0.5) is 13.2 Å². The van der Waals surface area contributed by atoms with Crippen molar-refractivity contribution in [2.45, 2.75) is 31.1 Å². The van der Waals surface area contributed by atoms with Gasteiger partial charge in [-0.2, -0.15) is 5.10 Å². The molecule has 0 unspecified atom stereocenters. The van der Waals surface area contributed by atoms with E-state index >= 15 is 0 Å². The molecule has 0 saturated heterocycles. The minimum absolute atomic E-state index is 0.00262. The van der Waals surface area contributed by atoms with E-state index in [4.69, 9.17) is 4.74 Å². The van der Waals surface area contributed by atoms with Crippen LogP contribution in [0, 0.1) is 17.5 Å². The fourth-order valence-corrected chi connectivity index (χ4v) is 4.17. The van der Waals surface area contributed by atoms with Crippen LogP contribution in [0.25, 0.3) is 11.3 Å². The van der Waals surface area contributed by atoms with Gasteiger partial charge in [-0.25, -0.2) is 26.3 Å². The fourth-order valence-electron chi connectivity index (χ4n) is 3.27. The molecular weight excluding hydrogens is 473 g/mol. The third-order valence-electron chi connectivity index (χ3n) is 5.23. The minimum Gasteiger partial charge on any atom is -0.505 e. The average Bonchev–Trinajstić information content (AvgIpc) is 2.80. The van der Waals surface area contributed by atoms with Crippen molar-refractivity contribution in [2.24, 2.45) is 7.05 Å².